The van der Waals surface area contributed by atoms with E-state index in [0.29, 0.717) is 17.1 Å². The van der Waals surface area contributed by atoms with E-state index in [4.69, 9.17) is 4.98 Å². The van der Waals surface area contributed by atoms with E-state index in [0.717, 1.165) is 53.0 Å². The predicted octanol–water partition coefficient (Wildman–Crippen LogP) is 6.87. The summed E-state index contributed by atoms with van der Waals surface area (Å²) in [6.07, 6.45) is 11.9. The maximum Gasteiger partial charge on any atom is 0.137 e. The van der Waals surface area contributed by atoms with E-state index in [9.17, 15) is 5.11 Å². The van der Waals surface area contributed by atoms with Crippen LogP contribution in [0.2, 0.25) is 0 Å². The first-order valence-electron chi connectivity index (χ1n) is 11.9. The van der Waals surface area contributed by atoms with Gasteiger partial charge in [-0.3, -0.25) is 0 Å². The number of hydrogen-bond acceptors (Lipinski definition) is 2. The Morgan fingerprint density at radius 1 is 1.00 bits per heavy atom. The Balaban J connectivity index is 1.36. The van der Waals surface area contributed by atoms with E-state index in [1.54, 1.807) is 0 Å². The summed E-state index contributed by atoms with van der Waals surface area (Å²) in [6, 6.07) is 8.21. The van der Waals surface area contributed by atoms with Crippen molar-refractivity contribution in [3.63, 3.8) is 0 Å². The number of nitrogens with zero attached hydrogens (tertiary/aromatic N) is 1. The van der Waals surface area contributed by atoms with Gasteiger partial charge in [0.15, 0.2) is 0 Å². The van der Waals surface area contributed by atoms with Gasteiger partial charge in [-0.15, -0.1) is 0 Å². The number of hydrogen-bond donors (Lipinski definition) is 2. The van der Waals surface area contributed by atoms with Crippen molar-refractivity contribution >= 4 is 16.6 Å². The summed E-state index contributed by atoms with van der Waals surface area (Å²) >= 11 is 0. The van der Waals surface area contributed by atoms with Gasteiger partial charge in [-0.2, -0.15) is 0 Å². The van der Waals surface area contributed by atoms with E-state index < -0.39 is 0 Å². The third-order valence-electron chi connectivity index (χ3n) is 9.90. The fourth-order valence-corrected chi connectivity index (χ4v) is 8.25. The number of aliphatic hydroxyl groups excluding tert-OH is 1. The van der Waals surface area contributed by atoms with Crippen molar-refractivity contribution in [2.75, 3.05) is 0 Å². The van der Waals surface area contributed by atoms with E-state index >= 15 is 0 Å². The summed E-state index contributed by atoms with van der Waals surface area (Å²) in [7, 11) is 0. The smallest absolute Gasteiger partial charge is 0.137 e. The van der Waals surface area contributed by atoms with Crippen LogP contribution in [0.5, 0.6) is 0 Å². The zero-order valence-electron chi connectivity index (χ0n) is 17.9. The summed E-state index contributed by atoms with van der Waals surface area (Å²) in [4.78, 5) is 8.33. The molecule has 4 aliphatic carbocycles. The molecule has 2 N–H and O–H groups in total. The van der Waals surface area contributed by atoms with Gasteiger partial charge in [-0.1, -0.05) is 38.8 Å². The summed E-state index contributed by atoms with van der Waals surface area (Å²) in [5.74, 6) is 4.66. The van der Waals surface area contributed by atoms with Crippen LogP contribution in [-0.2, 0) is 0 Å². The van der Waals surface area contributed by atoms with Crippen molar-refractivity contribution in [3.8, 4) is 0 Å². The number of rotatable bonds is 1. The number of H-pyrrole nitrogens is 1. The van der Waals surface area contributed by atoms with Crippen LogP contribution in [0.15, 0.2) is 30.0 Å². The highest BCUT2D eigenvalue weighted by molar-refractivity contribution is 5.79. The average molecular weight is 391 g/mol. The van der Waals surface area contributed by atoms with Crippen molar-refractivity contribution in [2.24, 2.45) is 34.5 Å². The molecule has 4 aliphatic rings. The number of allylic oxidation sites excluding steroid dienone is 2. The molecule has 1 aromatic carbocycles. The third-order valence-corrected chi connectivity index (χ3v) is 9.90. The van der Waals surface area contributed by atoms with Gasteiger partial charge in [-0.05, 0) is 86.2 Å². The second-order valence-corrected chi connectivity index (χ2v) is 11.0. The van der Waals surface area contributed by atoms with Gasteiger partial charge in [0.2, 0.25) is 0 Å². The first-order chi connectivity index (χ1) is 14.0. The molecule has 6 rings (SSSR count). The highest BCUT2D eigenvalue weighted by Gasteiger charge is 2.59. The number of aromatic nitrogens is 2. The van der Waals surface area contributed by atoms with Gasteiger partial charge in [0.1, 0.15) is 11.6 Å². The van der Waals surface area contributed by atoms with Gasteiger partial charge in [0.05, 0.1) is 11.0 Å². The van der Waals surface area contributed by atoms with Crippen molar-refractivity contribution in [1.29, 1.82) is 0 Å². The molecule has 2 aromatic rings. The van der Waals surface area contributed by atoms with Crippen LogP contribution in [0.1, 0.15) is 77.5 Å². The second kappa shape index (κ2) is 6.12. The Hall–Kier alpha value is -1.77. The topological polar surface area (TPSA) is 48.9 Å². The number of aliphatic hydroxyl groups is 1. The lowest BCUT2D eigenvalue weighted by Crippen LogP contribution is -2.52. The molecular formula is C26H34N2O. The number of imidazole rings is 1. The molecular weight excluding hydrogens is 356 g/mol. The maximum absolute atomic E-state index is 11.4. The lowest BCUT2D eigenvalue weighted by molar-refractivity contribution is -0.104. The highest BCUT2D eigenvalue weighted by Crippen LogP contribution is 2.67. The van der Waals surface area contributed by atoms with Crippen LogP contribution in [0.25, 0.3) is 16.6 Å². The van der Waals surface area contributed by atoms with Gasteiger partial charge in [0.25, 0.3) is 0 Å². The monoisotopic (exact) mass is 390 g/mol. The quantitative estimate of drug-likeness (QED) is 0.558. The summed E-state index contributed by atoms with van der Waals surface area (Å²) in [5.41, 5.74) is 3.63. The molecule has 0 spiro atoms. The van der Waals surface area contributed by atoms with E-state index in [1.807, 2.05) is 12.1 Å². The minimum atomic E-state index is -0.0622. The van der Waals surface area contributed by atoms with Crippen LogP contribution >= 0.6 is 0 Å². The van der Waals surface area contributed by atoms with Crippen LogP contribution < -0.4 is 0 Å². The van der Waals surface area contributed by atoms with Crippen LogP contribution in [0.3, 0.4) is 0 Å². The van der Waals surface area contributed by atoms with Crippen molar-refractivity contribution < 1.29 is 5.11 Å². The molecule has 3 fully saturated rings. The molecule has 0 amide bonds. The van der Waals surface area contributed by atoms with Crippen LogP contribution in [0, 0.1) is 34.5 Å². The number of fused-ring (bicyclic) bond motifs is 6. The Morgan fingerprint density at radius 2 is 1.86 bits per heavy atom. The molecule has 6 atom stereocenters. The van der Waals surface area contributed by atoms with E-state index in [1.165, 1.54) is 44.9 Å². The molecule has 0 unspecified atom stereocenters. The molecule has 0 radical (unpaired) electrons. The van der Waals surface area contributed by atoms with Crippen LogP contribution in [0.4, 0.5) is 0 Å². The zero-order valence-corrected chi connectivity index (χ0v) is 17.9. The molecule has 3 nitrogen and oxygen atoms in total. The Bertz CT molecular complexity index is 957. The van der Waals surface area contributed by atoms with Crippen molar-refractivity contribution in [2.45, 2.75) is 71.6 Å². The maximum atomic E-state index is 11.4. The molecule has 1 aromatic heterocycles. The number of para-hydroxylation sites is 2. The van der Waals surface area contributed by atoms with Crippen LogP contribution in [-0.4, -0.2) is 15.1 Å². The Kier molecular flexibility index (Phi) is 3.81. The number of aromatic amines is 1. The largest absolute Gasteiger partial charge is 0.511 e. The van der Waals surface area contributed by atoms with E-state index in [2.05, 4.69) is 31.0 Å². The summed E-state index contributed by atoms with van der Waals surface area (Å²) in [5, 5.41) is 11.4. The predicted molar refractivity (Wildman–Crippen MR) is 117 cm³/mol. The molecule has 0 saturated heterocycles. The molecule has 0 bridgehead atoms. The summed E-state index contributed by atoms with van der Waals surface area (Å²) < 4.78 is 0. The molecule has 3 saturated carbocycles. The van der Waals surface area contributed by atoms with Gasteiger partial charge < -0.3 is 10.1 Å². The Labute approximate surface area is 174 Å². The third kappa shape index (κ3) is 2.39. The van der Waals surface area contributed by atoms with Gasteiger partial charge in [0, 0.05) is 11.0 Å². The molecule has 154 valence electrons. The first kappa shape index (κ1) is 18.0. The molecule has 29 heavy (non-hydrogen) atoms. The Morgan fingerprint density at radius 3 is 2.72 bits per heavy atom. The molecule has 1 heterocycles. The first-order valence-corrected chi connectivity index (χ1v) is 11.9. The SMILES string of the molecule is C[C@]12CCCC[C@H]1CC[C@H]1[C@H]2CC[C@]2(C)C(O)=C(c3nc4ccccc4[nH]3)C[C@H]12. The molecule has 3 heteroatoms. The number of benzene rings is 1. The fraction of sp³-hybridized carbons (Fsp3) is 0.654. The molecule has 0 aliphatic heterocycles. The van der Waals surface area contributed by atoms with E-state index in [-0.39, 0.29) is 5.41 Å². The van der Waals surface area contributed by atoms with Crippen molar-refractivity contribution in [1.82, 2.24) is 9.97 Å². The average Bonchev–Trinajstić information content (AvgIpc) is 3.26. The lowest BCUT2D eigenvalue weighted by Gasteiger charge is -2.59. The minimum Gasteiger partial charge on any atom is -0.511 e. The second-order valence-electron chi connectivity index (χ2n) is 11.0. The van der Waals surface area contributed by atoms with Gasteiger partial charge in [-0.25, -0.2) is 4.98 Å². The van der Waals surface area contributed by atoms with Gasteiger partial charge >= 0.3 is 0 Å². The lowest BCUT2D eigenvalue weighted by atomic mass is 9.45. The highest BCUT2D eigenvalue weighted by atomic mass is 16.3. The minimum absolute atomic E-state index is 0.0622. The number of nitrogens with one attached hydrogen (secondary N) is 1. The van der Waals surface area contributed by atoms with Crippen molar-refractivity contribution in [3.05, 3.63) is 35.8 Å². The normalized spacial score (nSPS) is 41.9. The standard InChI is InChI=1S/C26H34N2O/c1-25-13-6-5-7-16(25)10-11-17-19(25)12-14-26(2)20(17)15-18(23(26)29)24-27-21-8-3-4-9-22(21)28-24/h3-4,8-9,16-17,19-20,29H,5-7,10-15H2,1-2H3,(H,27,28)/t16-,17-,19+,20+,25-,26-/m0/s1. The zero-order chi connectivity index (χ0) is 19.8. The fourth-order valence-electron chi connectivity index (χ4n) is 8.25. The summed E-state index contributed by atoms with van der Waals surface area (Å²) in [6.45, 7) is 4.97.